The Bertz CT molecular complexity index is 944. The van der Waals surface area contributed by atoms with E-state index in [1.54, 1.807) is 45.0 Å². The molecule has 0 aromatic heterocycles. The predicted molar refractivity (Wildman–Crippen MR) is 110 cm³/mol. The Morgan fingerprint density at radius 1 is 0.933 bits per heavy atom. The second-order valence-electron chi connectivity index (χ2n) is 8.04. The molecular formula is C23H24N2O5. The molecule has 0 spiro atoms. The molecule has 0 saturated heterocycles. The first-order chi connectivity index (χ1) is 14.2. The maximum absolute atomic E-state index is 13.0. The van der Waals surface area contributed by atoms with Crippen LogP contribution in [0.5, 0.6) is 0 Å². The lowest BCUT2D eigenvalue weighted by Crippen LogP contribution is -2.51. The van der Waals surface area contributed by atoms with E-state index >= 15 is 0 Å². The summed E-state index contributed by atoms with van der Waals surface area (Å²) >= 11 is 0. The van der Waals surface area contributed by atoms with Gasteiger partial charge in [0.2, 0.25) is 5.91 Å². The van der Waals surface area contributed by atoms with E-state index in [-0.39, 0.29) is 24.1 Å². The zero-order valence-corrected chi connectivity index (χ0v) is 17.2. The number of amides is 3. The lowest BCUT2D eigenvalue weighted by Gasteiger charge is -2.26. The van der Waals surface area contributed by atoms with Gasteiger partial charge in [0.15, 0.2) is 0 Å². The first-order valence-corrected chi connectivity index (χ1v) is 9.68. The van der Waals surface area contributed by atoms with Crippen LogP contribution in [0.15, 0.2) is 54.6 Å². The Morgan fingerprint density at radius 2 is 1.47 bits per heavy atom. The minimum absolute atomic E-state index is 0.131. The molecule has 30 heavy (non-hydrogen) atoms. The quantitative estimate of drug-likeness (QED) is 0.585. The number of nitrogens with one attached hydrogen (secondary N) is 1. The van der Waals surface area contributed by atoms with Gasteiger partial charge in [-0.1, -0.05) is 42.5 Å². The maximum atomic E-state index is 13.0. The Labute approximate surface area is 175 Å². The molecule has 0 unspecified atom stereocenters. The van der Waals surface area contributed by atoms with E-state index in [4.69, 9.17) is 4.74 Å². The number of ether oxygens (including phenoxy) is 1. The topological polar surface area (TPSA) is 92.8 Å². The zero-order valence-electron chi connectivity index (χ0n) is 17.2. The van der Waals surface area contributed by atoms with Crippen LogP contribution in [0.3, 0.4) is 0 Å². The normalized spacial score (nSPS) is 14.3. The molecule has 1 aliphatic heterocycles. The molecule has 3 amide bonds. The molecule has 1 aliphatic rings. The van der Waals surface area contributed by atoms with Crippen molar-refractivity contribution in [3.8, 4) is 0 Å². The van der Waals surface area contributed by atoms with E-state index in [0.717, 1.165) is 10.5 Å². The number of carbonyl (C=O) groups is 4. The van der Waals surface area contributed by atoms with Gasteiger partial charge < -0.3 is 10.1 Å². The van der Waals surface area contributed by atoms with E-state index in [2.05, 4.69) is 5.32 Å². The van der Waals surface area contributed by atoms with Gasteiger partial charge in [-0.05, 0) is 38.5 Å². The standard InChI is InChI=1S/C23H24N2O5/c1-23(2,3)30-19(26)14-24-20(27)18(13-15-9-5-4-6-10-15)25-21(28)16-11-7-8-12-17(16)22(25)29/h4-12,18H,13-14H2,1-3H3,(H,24,27)/t18-/m0/s1. The molecule has 0 bridgehead atoms. The highest BCUT2D eigenvalue weighted by molar-refractivity contribution is 6.22. The van der Waals surface area contributed by atoms with Gasteiger partial charge in [0.05, 0.1) is 11.1 Å². The summed E-state index contributed by atoms with van der Waals surface area (Å²) < 4.78 is 5.20. The fourth-order valence-corrected chi connectivity index (χ4v) is 3.28. The molecule has 7 nitrogen and oxygen atoms in total. The lowest BCUT2D eigenvalue weighted by molar-refractivity contribution is -0.154. The summed E-state index contributed by atoms with van der Waals surface area (Å²) in [5.74, 6) is -2.25. The Hall–Kier alpha value is -3.48. The van der Waals surface area contributed by atoms with E-state index < -0.39 is 35.3 Å². The van der Waals surface area contributed by atoms with Gasteiger partial charge in [-0.15, -0.1) is 0 Å². The number of carbonyl (C=O) groups excluding carboxylic acids is 4. The first-order valence-electron chi connectivity index (χ1n) is 9.68. The molecule has 0 aliphatic carbocycles. The van der Waals surface area contributed by atoms with Crippen molar-refractivity contribution in [3.63, 3.8) is 0 Å². The Morgan fingerprint density at radius 3 is 2.00 bits per heavy atom. The van der Waals surface area contributed by atoms with Gasteiger partial charge in [-0.25, -0.2) is 0 Å². The summed E-state index contributed by atoms with van der Waals surface area (Å²) in [5.41, 5.74) is 0.626. The van der Waals surface area contributed by atoms with E-state index in [1.807, 2.05) is 30.3 Å². The molecule has 7 heteroatoms. The number of hydrogen-bond donors (Lipinski definition) is 1. The van der Waals surface area contributed by atoms with Gasteiger partial charge in [0, 0.05) is 6.42 Å². The number of nitrogens with zero attached hydrogens (tertiary/aromatic N) is 1. The van der Waals surface area contributed by atoms with Crippen molar-refractivity contribution in [2.24, 2.45) is 0 Å². The maximum Gasteiger partial charge on any atom is 0.325 e. The molecule has 156 valence electrons. The van der Waals surface area contributed by atoms with Crippen LogP contribution in [-0.4, -0.2) is 46.8 Å². The van der Waals surface area contributed by atoms with E-state index in [0.29, 0.717) is 0 Å². The van der Waals surface area contributed by atoms with Gasteiger partial charge >= 0.3 is 5.97 Å². The summed E-state index contributed by atoms with van der Waals surface area (Å²) in [6.07, 6.45) is 0.131. The predicted octanol–water partition coefficient (Wildman–Crippen LogP) is 2.35. The van der Waals surface area contributed by atoms with Crippen LogP contribution in [0.4, 0.5) is 0 Å². The minimum Gasteiger partial charge on any atom is -0.459 e. The molecule has 2 aromatic carbocycles. The first kappa shape index (κ1) is 21.2. The summed E-state index contributed by atoms with van der Waals surface area (Å²) in [4.78, 5) is 51.7. The third-order valence-electron chi connectivity index (χ3n) is 4.54. The van der Waals surface area contributed by atoms with Crippen molar-refractivity contribution in [2.75, 3.05) is 6.54 Å². The highest BCUT2D eigenvalue weighted by Crippen LogP contribution is 2.26. The number of rotatable bonds is 6. The Balaban J connectivity index is 1.83. The molecule has 1 atom stereocenters. The summed E-state index contributed by atoms with van der Waals surface area (Å²) in [5, 5.41) is 2.51. The summed E-state index contributed by atoms with van der Waals surface area (Å²) in [6.45, 7) is 4.82. The van der Waals surface area contributed by atoms with Gasteiger partial charge in [0.25, 0.3) is 11.8 Å². The zero-order chi connectivity index (χ0) is 21.9. The third kappa shape index (κ3) is 4.74. The monoisotopic (exact) mass is 408 g/mol. The van der Waals surface area contributed by atoms with Crippen LogP contribution < -0.4 is 5.32 Å². The second-order valence-corrected chi connectivity index (χ2v) is 8.04. The smallest absolute Gasteiger partial charge is 0.325 e. The van der Waals surface area contributed by atoms with Crippen LogP contribution in [-0.2, 0) is 20.7 Å². The highest BCUT2D eigenvalue weighted by Gasteiger charge is 2.42. The SMILES string of the molecule is CC(C)(C)OC(=O)CNC(=O)[C@H](Cc1ccccc1)N1C(=O)c2ccccc2C1=O. The largest absolute Gasteiger partial charge is 0.459 e. The molecule has 0 radical (unpaired) electrons. The number of fused-ring (bicyclic) bond motifs is 1. The van der Waals surface area contributed by atoms with Gasteiger partial charge in [-0.2, -0.15) is 0 Å². The average molecular weight is 408 g/mol. The van der Waals surface area contributed by atoms with Gasteiger partial charge in [0.1, 0.15) is 18.2 Å². The fourth-order valence-electron chi connectivity index (χ4n) is 3.28. The van der Waals surface area contributed by atoms with Crippen molar-refractivity contribution < 1.29 is 23.9 Å². The number of benzene rings is 2. The van der Waals surface area contributed by atoms with Crippen molar-refractivity contribution in [1.29, 1.82) is 0 Å². The van der Waals surface area contributed by atoms with Crippen LogP contribution in [0, 0.1) is 0 Å². The van der Waals surface area contributed by atoms with Crippen LogP contribution >= 0.6 is 0 Å². The van der Waals surface area contributed by atoms with E-state index in [1.165, 1.54) is 0 Å². The average Bonchev–Trinajstić information content (AvgIpc) is 2.95. The number of hydrogen-bond acceptors (Lipinski definition) is 5. The van der Waals surface area contributed by atoms with Crippen molar-refractivity contribution in [1.82, 2.24) is 10.2 Å². The van der Waals surface area contributed by atoms with Gasteiger partial charge in [-0.3, -0.25) is 24.1 Å². The number of esters is 1. The number of imide groups is 1. The molecule has 0 saturated carbocycles. The van der Waals surface area contributed by atoms with E-state index in [9.17, 15) is 19.2 Å². The van der Waals surface area contributed by atoms with Crippen molar-refractivity contribution in [3.05, 3.63) is 71.3 Å². The third-order valence-corrected chi connectivity index (χ3v) is 4.54. The van der Waals surface area contributed by atoms with Crippen molar-refractivity contribution >= 4 is 23.7 Å². The van der Waals surface area contributed by atoms with Crippen molar-refractivity contribution in [2.45, 2.75) is 38.8 Å². The Kier molecular flexibility index (Phi) is 6.01. The fraction of sp³-hybridized carbons (Fsp3) is 0.304. The summed E-state index contributed by atoms with van der Waals surface area (Å²) in [7, 11) is 0. The molecule has 3 rings (SSSR count). The lowest BCUT2D eigenvalue weighted by atomic mass is 10.0. The highest BCUT2D eigenvalue weighted by atomic mass is 16.6. The molecule has 1 N–H and O–H groups in total. The summed E-state index contributed by atoms with van der Waals surface area (Å²) in [6, 6.07) is 14.5. The molecule has 1 heterocycles. The minimum atomic E-state index is -1.10. The van der Waals surface area contributed by atoms with Crippen LogP contribution in [0.2, 0.25) is 0 Å². The molecular weight excluding hydrogens is 384 g/mol. The molecule has 2 aromatic rings. The second kappa shape index (κ2) is 8.49. The van der Waals surface area contributed by atoms with Crippen LogP contribution in [0.25, 0.3) is 0 Å². The molecule has 0 fully saturated rings. The van der Waals surface area contributed by atoms with Crippen LogP contribution in [0.1, 0.15) is 47.1 Å².